The van der Waals surface area contributed by atoms with Crippen molar-refractivity contribution in [1.82, 2.24) is 15.2 Å². The number of aromatic amines is 1. The van der Waals surface area contributed by atoms with E-state index in [0.717, 1.165) is 16.5 Å². The van der Waals surface area contributed by atoms with Gasteiger partial charge >= 0.3 is 0 Å². The molecule has 1 aliphatic heterocycles. The summed E-state index contributed by atoms with van der Waals surface area (Å²) >= 11 is 7.42. The van der Waals surface area contributed by atoms with E-state index in [9.17, 15) is 0 Å². The molecule has 0 bridgehead atoms. The van der Waals surface area contributed by atoms with E-state index in [2.05, 4.69) is 15.2 Å². The fraction of sp³-hybridized carbons (Fsp3) is 0.333. The Morgan fingerprint density at radius 1 is 1.37 bits per heavy atom. The molecule has 0 saturated carbocycles. The van der Waals surface area contributed by atoms with Crippen LogP contribution in [0.3, 0.4) is 0 Å². The summed E-state index contributed by atoms with van der Waals surface area (Å²) in [5.74, 6) is 0.777. The lowest BCUT2D eigenvalue weighted by Crippen LogP contribution is -2.13. The molecule has 1 fully saturated rings. The summed E-state index contributed by atoms with van der Waals surface area (Å²) in [6, 6.07) is 7.50. The molecule has 2 aromatic rings. The van der Waals surface area contributed by atoms with Gasteiger partial charge in [0.2, 0.25) is 0 Å². The Bertz CT molecular complexity index is 520. The molecular weight excluding hydrogens is 286 g/mol. The van der Waals surface area contributed by atoms with Gasteiger partial charge in [0.15, 0.2) is 11.4 Å². The van der Waals surface area contributed by atoms with Crippen molar-refractivity contribution in [3.05, 3.63) is 41.2 Å². The minimum Gasteiger partial charge on any atom is -0.346 e. The first-order chi connectivity index (χ1) is 9.31. The van der Waals surface area contributed by atoms with Gasteiger partial charge in [-0.25, -0.2) is 4.98 Å². The summed E-state index contributed by atoms with van der Waals surface area (Å²) in [6.07, 6.45) is 1.23. The number of nitrogens with zero attached hydrogens (tertiary/aromatic N) is 2. The number of nitrogens with one attached hydrogen (secondary N) is 1. The van der Waals surface area contributed by atoms with Crippen molar-refractivity contribution in [3.8, 4) is 0 Å². The molecule has 1 aliphatic rings. The van der Waals surface area contributed by atoms with Crippen molar-refractivity contribution < 1.29 is 9.47 Å². The number of aromatic nitrogens is 3. The Labute approximate surface area is 119 Å². The average molecular weight is 298 g/mol. The molecule has 5 nitrogen and oxygen atoms in total. The Hall–Kier alpha value is -1.08. The van der Waals surface area contributed by atoms with Crippen molar-refractivity contribution in [2.45, 2.75) is 17.6 Å². The van der Waals surface area contributed by atoms with E-state index in [4.69, 9.17) is 21.1 Å². The first-order valence-corrected chi connectivity index (χ1v) is 7.18. The van der Waals surface area contributed by atoms with E-state index in [1.165, 1.54) is 6.33 Å². The number of ether oxygens (including phenoxy) is 2. The lowest BCUT2D eigenvalue weighted by atomic mass is 10.2. The Morgan fingerprint density at radius 2 is 2.21 bits per heavy atom. The van der Waals surface area contributed by atoms with Gasteiger partial charge in [-0.05, 0) is 12.1 Å². The van der Waals surface area contributed by atoms with Crippen LogP contribution in [-0.4, -0.2) is 33.6 Å². The fourth-order valence-corrected chi connectivity index (χ4v) is 2.65. The number of halogens is 1. The molecule has 7 heteroatoms. The second kappa shape index (κ2) is 5.92. The van der Waals surface area contributed by atoms with Gasteiger partial charge < -0.3 is 9.47 Å². The molecule has 0 aliphatic carbocycles. The molecule has 2 atom stereocenters. The van der Waals surface area contributed by atoms with Crippen LogP contribution in [-0.2, 0) is 9.47 Å². The molecule has 19 heavy (non-hydrogen) atoms. The van der Waals surface area contributed by atoms with E-state index < -0.39 is 0 Å². The van der Waals surface area contributed by atoms with Gasteiger partial charge in [-0.1, -0.05) is 35.5 Å². The van der Waals surface area contributed by atoms with E-state index in [1.807, 2.05) is 24.3 Å². The maximum atomic E-state index is 5.85. The predicted octanol–water partition coefficient (Wildman–Crippen LogP) is 2.66. The molecular formula is C12H12ClN3O2S. The van der Waals surface area contributed by atoms with Crippen molar-refractivity contribution in [1.29, 1.82) is 0 Å². The minimum atomic E-state index is -0.308. The number of hydrogen-bond acceptors (Lipinski definition) is 5. The molecule has 0 spiro atoms. The lowest BCUT2D eigenvalue weighted by molar-refractivity contribution is -0.0565. The van der Waals surface area contributed by atoms with Crippen molar-refractivity contribution in [2.24, 2.45) is 0 Å². The van der Waals surface area contributed by atoms with Gasteiger partial charge in [0.25, 0.3) is 0 Å². The van der Waals surface area contributed by atoms with Crippen LogP contribution in [0.15, 0.2) is 35.7 Å². The number of benzene rings is 1. The van der Waals surface area contributed by atoms with Crippen molar-refractivity contribution in [2.75, 3.05) is 12.4 Å². The highest BCUT2D eigenvalue weighted by atomic mass is 35.5. The summed E-state index contributed by atoms with van der Waals surface area (Å²) in [5, 5.41) is 8.10. The van der Waals surface area contributed by atoms with Crippen LogP contribution < -0.4 is 0 Å². The molecule has 1 saturated heterocycles. The number of hydrogen-bond donors (Lipinski definition) is 1. The largest absolute Gasteiger partial charge is 0.346 e. The van der Waals surface area contributed by atoms with Crippen molar-refractivity contribution >= 4 is 23.4 Å². The zero-order valence-corrected chi connectivity index (χ0v) is 11.5. The lowest BCUT2D eigenvalue weighted by Gasteiger charge is -2.11. The monoisotopic (exact) mass is 297 g/mol. The molecule has 1 aromatic carbocycles. The topological polar surface area (TPSA) is 60.0 Å². The Kier molecular flexibility index (Phi) is 4.03. The summed E-state index contributed by atoms with van der Waals surface area (Å²) in [5.41, 5.74) is 0.983. The van der Waals surface area contributed by atoms with Gasteiger partial charge in [-0.3, -0.25) is 5.10 Å². The van der Waals surface area contributed by atoms with Crippen molar-refractivity contribution in [3.63, 3.8) is 0 Å². The third-order valence-electron chi connectivity index (χ3n) is 2.69. The van der Waals surface area contributed by atoms with Crippen LogP contribution in [0.4, 0.5) is 0 Å². The SMILES string of the molecule is Clc1ccc(C2OCC(CSc3ncn[nH]3)O2)cc1. The highest BCUT2D eigenvalue weighted by Crippen LogP contribution is 2.29. The molecule has 100 valence electrons. The first kappa shape index (κ1) is 12.9. The smallest absolute Gasteiger partial charge is 0.184 e. The third-order valence-corrected chi connectivity index (χ3v) is 3.95. The predicted molar refractivity (Wildman–Crippen MR) is 72.1 cm³/mol. The van der Waals surface area contributed by atoms with Crippen LogP contribution in [0.5, 0.6) is 0 Å². The van der Waals surface area contributed by atoms with Gasteiger partial charge in [0.1, 0.15) is 6.33 Å². The molecule has 3 rings (SSSR count). The maximum absolute atomic E-state index is 5.85. The fourth-order valence-electron chi connectivity index (χ4n) is 1.77. The molecule has 2 unspecified atom stereocenters. The Balaban J connectivity index is 1.53. The molecule has 1 aromatic heterocycles. The standard InChI is InChI=1S/C12H12ClN3O2S/c13-9-3-1-8(2-4-9)11-17-5-10(18-11)6-19-12-14-7-15-16-12/h1-4,7,10-11H,5-6H2,(H,14,15,16). The van der Waals surface area contributed by atoms with Gasteiger partial charge in [0, 0.05) is 16.3 Å². The van der Waals surface area contributed by atoms with E-state index in [0.29, 0.717) is 11.6 Å². The first-order valence-electron chi connectivity index (χ1n) is 5.82. The van der Waals surface area contributed by atoms with E-state index in [-0.39, 0.29) is 12.4 Å². The minimum absolute atomic E-state index is 0.0516. The molecule has 0 amide bonds. The average Bonchev–Trinajstić information content (AvgIpc) is 3.09. The van der Waals surface area contributed by atoms with Crippen LogP contribution in [0.2, 0.25) is 5.02 Å². The van der Waals surface area contributed by atoms with Gasteiger partial charge in [-0.15, -0.1) is 0 Å². The summed E-state index contributed by atoms with van der Waals surface area (Å²) < 4.78 is 11.5. The highest BCUT2D eigenvalue weighted by Gasteiger charge is 2.27. The second-order valence-electron chi connectivity index (χ2n) is 4.08. The highest BCUT2D eigenvalue weighted by molar-refractivity contribution is 7.99. The molecule has 0 radical (unpaired) electrons. The summed E-state index contributed by atoms with van der Waals surface area (Å²) in [4.78, 5) is 4.05. The molecule has 1 N–H and O–H groups in total. The zero-order valence-electron chi connectivity index (χ0n) is 9.95. The normalized spacial score (nSPS) is 22.8. The zero-order chi connectivity index (χ0) is 13.1. The second-order valence-corrected chi connectivity index (χ2v) is 5.52. The van der Waals surface area contributed by atoms with Gasteiger partial charge in [-0.2, -0.15) is 5.10 Å². The van der Waals surface area contributed by atoms with Gasteiger partial charge in [0.05, 0.1) is 12.7 Å². The molecule has 2 heterocycles. The van der Waals surface area contributed by atoms with Crippen LogP contribution in [0.25, 0.3) is 0 Å². The van der Waals surface area contributed by atoms with Crippen LogP contribution in [0, 0.1) is 0 Å². The van der Waals surface area contributed by atoms with E-state index >= 15 is 0 Å². The number of H-pyrrole nitrogens is 1. The number of rotatable bonds is 4. The maximum Gasteiger partial charge on any atom is 0.184 e. The van der Waals surface area contributed by atoms with E-state index in [1.54, 1.807) is 11.8 Å². The van der Waals surface area contributed by atoms with Crippen LogP contribution >= 0.6 is 23.4 Å². The van der Waals surface area contributed by atoms with Crippen LogP contribution in [0.1, 0.15) is 11.9 Å². The summed E-state index contributed by atoms with van der Waals surface area (Å²) in [7, 11) is 0. The Morgan fingerprint density at radius 3 is 2.95 bits per heavy atom. The summed E-state index contributed by atoms with van der Waals surface area (Å²) in [6.45, 7) is 0.578. The number of thioether (sulfide) groups is 1. The quantitative estimate of drug-likeness (QED) is 0.879. The third kappa shape index (κ3) is 3.27.